The zero-order chi connectivity index (χ0) is 13.5. The summed E-state index contributed by atoms with van der Waals surface area (Å²) in [6.45, 7) is 0.442. The summed E-state index contributed by atoms with van der Waals surface area (Å²) in [5.41, 5.74) is 6.68. The first-order valence-electron chi connectivity index (χ1n) is 5.93. The molecule has 5 nitrogen and oxygen atoms in total. The molecule has 1 saturated heterocycles. The number of methoxy groups -OCH3 is 1. The smallest absolute Gasteiger partial charge is 0.253 e. The molecule has 1 aromatic carbocycles. The highest BCUT2D eigenvalue weighted by Gasteiger charge is 2.51. The van der Waals surface area contributed by atoms with Crippen LogP contribution in [0.5, 0.6) is 5.75 Å². The van der Waals surface area contributed by atoms with E-state index in [0.29, 0.717) is 12.1 Å². The molecule has 1 aromatic heterocycles. The molecule has 1 aliphatic heterocycles. The third-order valence-corrected chi connectivity index (χ3v) is 3.45. The summed E-state index contributed by atoms with van der Waals surface area (Å²) in [5, 5.41) is 0. The van der Waals surface area contributed by atoms with Crippen molar-refractivity contribution in [2.75, 3.05) is 18.6 Å². The minimum absolute atomic E-state index is 0.126. The van der Waals surface area contributed by atoms with Crippen molar-refractivity contribution in [2.24, 2.45) is 5.73 Å². The molecule has 2 aromatic rings. The lowest BCUT2D eigenvalue weighted by atomic mass is 9.83. The van der Waals surface area contributed by atoms with E-state index in [1.165, 1.54) is 12.5 Å². The zero-order valence-electron chi connectivity index (χ0n) is 10.5. The molecule has 1 unspecified atom stereocenters. The number of hydrogen-bond donors (Lipinski definition) is 1. The number of anilines is 1. The number of amides is 1. The number of carbonyl (C=O) groups is 1. The molecule has 0 spiro atoms. The van der Waals surface area contributed by atoms with Gasteiger partial charge in [0.1, 0.15) is 11.3 Å². The maximum atomic E-state index is 12.3. The Morgan fingerprint density at radius 2 is 2.05 bits per heavy atom. The van der Waals surface area contributed by atoms with Crippen LogP contribution < -0.4 is 15.4 Å². The van der Waals surface area contributed by atoms with E-state index < -0.39 is 5.54 Å². The third-order valence-electron chi connectivity index (χ3n) is 3.45. The zero-order valence-corrected chi connectivity index (χ0v) is 10.5. The number of β-lactam (4-membered cyclic amide) rings is 1. The number of nitrogens with zero attached hydrogens (tertiary/aromatic N) is 1. The van der Waals surface area contributed by atoms with Crippen LogP contribution in [0.2, 0.25) is 0 Å². The van der Waals surface area contributed by atoms with Gasteiger partial charge in [-0.1, -0.05) is 0 Å². The van der Waals surface area contributed by atoms with E-state index in [1.54, 1.807) is 18.1 Å². The Kier molecular flexibility index (Phi) is 2.57. The molecule has 1 amide bonds. The molecular weight excluding hydrogens is 244 g/mol. The van der Waals surface area contributed by atoms with Crippen molar-refractivity contribution in [1.82, 2.24) is 0 Å². The summed E-state index contributed by atoms with van der Waals surface area (Å²) in [5.74, 6) is 0.629. The molecule has 98 valence electrons. The SMILES string of the molecule is COc1ccc(N2CC(N)(c3ccoc3)C2=O)cc1. The topological polar surface area (TPSA) is 68.7 Å². The number of rotatable bonds is 3. The quantitative estimate of drug-likeness (QED) is 0.847. The highest BCUT2D eigenvalue weighted by Crippen LogP contribution is 2.35. The molecule has 5 heteroatoms. The van der Waals surface area contributed by atoms with Gasteiger partial charge in [-0.25, -0.2) is 0 Å². The van der Waals surface area contributed by atoms with E-state index in [-0.39, 0.29) is 5.91 Å². The second-order valence-electron chi connectivity index (χ2n) is 4.57. The van der Waals surface area contributed by atoms with Gasteiger partial charge in [-0.05, 0) is 30.3 Å². The second kappa shape index (κ2) is 4.13. The largest absolute Gasteiger partial charge is 0.497 e. The van der Waals surface area contributed by atoms with Gasteiger partial charge in [0, 0.05) is 11.3 Å². The molecular formula is C14H14N2O3. The van der Waals surface area contributed by atoms with E-state index >= 15 is 0 Å². The summed E-state index contributed by atoms with van der Waals surface area (Å²) >= 11 is 0. The fourth-order valence-electron chi connectivity index (χ4n) is 2.24. The first-order chi connectivity index (χ1) is 9.15. The summed E-state index contributed by atoms with van der Waals surface area (Å²) < 4.78 is 10.1. The van der Waals surface area contributed by atoms with Crippen molar-refractivity contribution in [1.29, 1.82) is 0 Å². The molecule has 2 heterocycles. The van der Waals surface area contributed by atoms with Gasteiger partial charge in [0.05, 0.1) is 26.2 Å². The van der Waals surface area contributed by atoms with Crippen molar-refractivity contribution in [2.45, 2.75) is 5.54 Å². The predicted octanol–water partition coefficient (Wildman–Crippen LogP) is 1.49. The predicted molar refractivity (Wildman–Crippen MR) is 69.9 cm³/mol. The summed E-state index contributed by atoms with van der Waals surface area (Å²) in [6, 6.07) is 9.04. The maximum Gasteiger partial charge on any atom is 0.253 e. The van der Waals surface area contributed by atoms with Crippen molar-refractivity contribution in [3.8, 4) is 5.75 Å². The fraction of sp³-hybridized carbons (Fsp3) is 0.214. The summed E-state index contributed by atoms with van der Waals surface area (Å²) in [7, 11) is 1.60. The van der Waals surface area contributed by atoms with Gasteiger partial charge in [0.15, 0.2) is 0 Å². The molecule has 1 atom stereocenters. The van der Waals surface area contributed by atoms with Gasteiger partial charge in [-0.3, -0.25) is 4.79 Å². The highest BCUT2D eigenvalue weighted by atomic mass is 16.5. The molecule has 0 bridgehead atoms. The van der Waals surface area contributed by atoms with Crippen LogP contribution in [0.4, 0.5) is 5.69 Å². The lowest BCUT2D eigenvalue weighted by molar-refractivity contribution is -0.129. The molecule has 19 heavy (non-hydrogen) atoms. The monoisotopic (exact) mass is 258 g/mol. The Hall–Kier alpha value is -2.27. The van der Waals surface area contributed by atoms with Crippen molar-refractivity contribution >= 4 is 11.6 Å². The number of benzene rings is 1. The molecule has 3 rings (SSSR count). The normalized spacial score (nSPS) is 22.2. The van der Waals surface area contributed by atoms with Crippen LogP contribution >= 0.6 is 0 Å². The minimum atomic E-state index is -0.965. The standard InChI is InChI=1S/C14H14N2O3/c1-18-12-4-2-11(3-5-12)16-9-14(15,13(16)17)10-6-7-19-8-10/h2-8H,9,15H2,1H3. The molecule has 0 aliphatic carbocycles. The van der Waals surface area contributed by atoms with Gasteiger partial charge in [0.25, 0.3) is 5.91 Å². The molecule has 0 radical (unpaired) electrons. The van der Waals surface area contributed by atoms with Crippen molar-refractivity contribution in [3.63, 3.8) is 0 Å². The Morgan fingerprint density at radius 1 is 1.32 bits per heavy atom. The van der Waals surface area contributed by atoms with E-state index in [1.807, 2.05) is 24.3 Å². The number of hydrogen-bond acceptors (Lipinski definition) is 4. The number of furan rings is 1. The lowest BCUT2D eigenvalue weighted by Gasteiger charge is -2.45. The summed E-state index contributed by atoms with van der Waals surface area (Å²) in [6.07, 6.45) is 3.04. The van der Waals surface area contributed by atoms with Crippen LogP contribution in [0.25, 0.3) is 0 Å². The van der Waals surface area contributed by atoms with Gasteiger partial charge in [-0.15, -0.1) is 0 Å². The van der Waals surface area contributed by atoms with Crippen molar-refractivity contribution in [3.05, 3.63) is 48.4 Å². The fourth-order valence-corrected chi connectivity index (χ4v) is 2.24. The molecule has 1 fully saturated rings. The van der Waals surface area contributed by atoms with Crippen LogP contribution in [0.1, 0.15) is 5.56 Å². The highest BCUT2D eigenvalue weighted by molar-refractivity contribution is 6.07. The first-order valence-corrected chi connectivity index (χ1v) is 5.93. The number of ether oxygens (including phenoxy) is 1. The van der Waals surface area contributed by atoms with E-state index in [9.17, 15) is 4.79 Å². The Morgan fingerprint density at radius 3 is 2.58 bits per heavy atom. The second-order valence-corrected chi connectivity index (χ2v) is 4.57. The van der Waals surface area contributed by atoms with Crippen molar-refractivity contribution < 1.29 is 13.9 Å². The summed E-state index contributed by atoms with van der Waals surface area (Å²) in [4.78, 5) is 13.9. The van der Waals surface area contributed by atoms with Crippen LogP contribution in [0.15, 0.2) is 47.3 Å². The molecule has 2 N–H and O–H groups in total. The average molecular weight is 258 g/mol. The third kappa shape index (κ3) is 1.70. The van der Waals surface area contributed by atoms with Crippen LogP contribution in [0.3, 0.4) is 0 Å². The average Bonchev–Trinajstić information content (AvgIpc) is 2.98. The van der Waals surface area contributed by atoms with Crippen LogP contribution in [-0.2, 0) is 10.3 Å². The lowest BCUT2D eigenvalue weighted by Crippen LogP contribution is -2.69. The van der Waals surface area contributed by atoms with E-state index in [0.717, 1.165) is 11.4 Å². The Labute approximate surface area is 110 Å². The number of carbonyl (C=O) groups excluding carboxylic acids is 1. The van der Waals surface area contributed by atoms with E-state index in [2.05, 4.69) is 0 Å². The van der Waals surface area contributed by atoms with Gasteiger partial charge in [0.2, 0.25) is 0 Å². The first kappa shape index (κ1) is 11.8. The van der Waals surface area contributed by atoms with Gasteiger partial charge in [-0.2, -0.15) is 0 Å². The van der Waals surface area contributed by atoms with Gasteiger partial charge >= 0.3 is 0 Å². The Balaban J connectivity index is 1.81. The van der Waals surface area contributed by atoms with Gasteiger partial charge < -0.3 is 19.8 Å². The molecule has 0 saturated carbocycles. The van der Waals surface area contributed by atoms with Crippen LogP contribution in [-0.4, -0.2) is 19.6 Å². The number of nitrogens with two attached hydrogens (primary N) is 1. The van der Waals surface area contributed by atoms with Crippen LogP contribution in [0, 0.1) is 0 Å². The Bertz CT molecular complexity index is 592. The van der Waals surface area contributed by atoms with E-state index in [4.69, 9.17) is 14.9 Å². The minimum Gasteiger partial charge on any atom is -0.497 e. The maximum absolute atomic E-state index is 12.3. The molecule has 1 aliphatic rings.